The second-order valence-corrected chi connectivity index (χ2v) is 6.49. The van der Waals surface area contributed by atoms with Gasteiger partial charge in [0.05, 0.1) is 24.3 Å². The molecule has 5 nitrogen and oxygen atoms in total. The van der Waals surface area contributed by atoms with Crippen molar-refractivity contribution in [2.45, 2.75) is 65.2 Å². The highest BCUT2D eigenvalue weighted by molar-refractivity contribution is 6.03. The highest BCUT2D eigenvalue weighted by Gasteiger charge is 2.18. The molecule has 0 heterocycles. The summed E-state index contributed by atoms with van der Waals surface area (Å²) in [4.78, 5) is 24.5. The standard InChI is InChI=1S/C22H34O5/c1-3-5-6-7-8-9-10-13-16-26-21(23)19-14-11-12-15-20(19)22(24)27-18-17-25-4-2/h11-12,14-15H,3-10,13,16-18H2,1-2H3. The summed E-state index contributed by atoms with van der Waals surface area (Å²) < 4.78 is 15.6. The first kappa shape index (κ1) is 23.2. The van der Waals surface area contributed by atoms with Crippen molar-refractivity contribution in [3.63, 3.8) is 0 Å². The molecule has 0 amide bonds. The Labute approximate surface area is 163 Å². The molecule has 5 heteroatoms. The summed E-state index contributed by atoms with van der Waals surface area (Å²) in [5.74, 6) is -1.01. The molecule has 0 fully saturated rings. The van der Waals surface area contributed by atoms with E-state index in [2.05, 4.69) is 6.92 Å². The summed E-state index contributed by atoms with van der Waals surface area (Å²) in [7, 11) is 0. The molecule has 0 aliphatic carbocycles. The number of hydrogen-bond acceptors (Lipinski definition) is 5. The third-order valence-corrected chi connectivity index (χ3v) is 4.26. The van der Waals surface area contributed by atoms with Gasteiger partial charge in [0.25, 0.3) is 0 Å². The smallest absolute Gasteiger partial charge is 0.339 e. The first-order valence-corrected chi connectivity index (χ1v) is 10.2. The van der Waals surface area contributed by atoms with Crippen LogP contribution in [-0.4, -0.2) is 38.4 Å². The van der Waals surface area contributed by atoms with Crippen LogP contribution in [0.4, 0.5) is 0 Å². The van der Waals surface area contributed by atoms with Gasteiger partial charge < -0.3 is 14.2 Å². The maximum Gasteiger partial charge on any atom is 0.339 e. The summed E-state index contributed by atoms with van der Waals surface area (Å²) in [6.07, 6.45) is 9.48. The van der Waals surface area contributed by atoms with Crippen molar-refractivity contribution in [1.82, 2.24) is 0 Å². The summed E-state index contributed by atoms with van der Waals surface area (Å²) in [5, 5.41) is 0. The first-order valence-electron chi connectivity index (χ1n) is 10.2. The summed E-state index contributed by atoms with van der Waals surface area (Å²) in [6.45, 7) is 5.54. The van der Waals surface area contributed by atoms with E-state index in [1.165, 1.54) is 38.5 Å². The molecular weight excluding hydrogens is 344 g/mol. The lowest BCUT2D eigenvalue weighted by Gasteiger charge is -2.10. The third kappa shape index (κ3) is 10.1. The monoisotopic (exact) mass is 378 g/mol. The van der Waals surface area contributed by atoms with Crippen LogP contribution < -0.4 is 0 Å². The first-order chi connectivity index (χ1) is 13.2. The minimum absolute atomic E-state index is 0.161. The van der Waals surface area contributed by atoms with Crippen molar-refractivity contribution in [3.8, 4) is 0 Å². The second kappa shape index (κ2) is 15.2. The number of hydrogen-bond donors (Lipinski definition) is 0. The van der Waals surface area contributed by atoms with Crippen molar-refractivity contribution in [3.05, 3.63) is 35.4 Å². The molecule has 0 spiro atoms. The normalized spacial score (nSPS) is 10.6. The molecule has 0 unspecified atom stereocenters. The Hall–Kier alpha value is -1.88. The van der Waals surface area contributed by atoms with E-state index in [-0.39, 0.29) is 17.7 Å². The fraction of sp³-hybridized carbons (Fsp3) is 0.636. The molecule has 27 heavy (non-hydrogen) atoms. The Morgan fingerprint density at radius 3 is 1.78 bits per heavy atom. The number of unbranched alkanes of at least 4 members (excludes halogenated alkanes) is 7. The average molecular weight is 379 g/mol. The van der Waals surface area contributed by atoms with Crippen molar-refractivity contribution in [1.29, 1.82) is 0 Å². The third-order valence-electron chi connectivity index (χ3n) is 4.26. The highest BCUT2D eigenvalue weighted by Crippen LogP contribution is 2.13. The minimum atomic E-state index is -0.533. The molecule has 1 aromatic carbocycles. The van der Waals surface area contributed by atoms with Crippen molar-refractivity contribution >= 4 is 11.9 Å². The van der Waals surface area contributed by atoms with Gasteiger partial charge in [-0.15, -0.1) is 0 Å². The van der Waals surface area contributed by atoms with E-state index in [1.807, 2.05) is 6.92 Å². The summed E-state index contributed by atoms with van der Waals surface area (Å²) >= 11 is 0. The number of benzene rings is 1. The van der Waals surface area contributed by atoms with Crippen LogP contribution in [0.5, 0.6) is 0 Å². The van der Waals surface area contributed by atoms with Crippen LogP contribution in [0, 0.1) is 0 Å². The van der Waals surface area contributed by atoms with Gasteiger partial charge >= 0.3 is 11.9 Å². The minimum Gasteiger partial charge on any atom is -0.462 e. The van der Waals surface area contributed by atoms with Crippen LogP contribution >= 0.6 is 0 Å². The average Bonchev–Trinajstić information content (AvgIpc) is 2.69. The van der Waals surface area contributed by atoms with Gasteiger partial charge in [0, 0.05) is 6.61 Å². The van der Waals surface area contributed by atoms with E-state index in [1.54, 1.807) is 24.3 Å². The van der Waals surface area contributed by atoms with Crippen LogP contribution in [0.25, 0.3) is 0 Å². The molecule has 0 atom stereocenters. The van der Waals surface area contributed by atoms with E-state index >= 15 is 0 Å². The number of rotatable bonds is 15. The van der Waals surface area contributed by atoms with Gasteiger partial charge in [0.2, 0.25) is 0 Å². The number of carbonyl (C=O) groups is 2. The van der Waals surface area contributed by atoms with Crippen molar-refractivity contribution in [2.75, 3.05) is 26.4 Å². The SMILES string of the molecule is CCCCCCCCCCOC(=O)c1ccccc1C(=O)OCCOCC. The highest BCUT2D eigenvalue weighted by atomic mass is 16.6. The van der Waals surface area contributed by atoms with Gasteiger partial charge in [-0.2, -0.15) is 0 Å². The molecule has 0 bridgehead atoms. The predicted molar refractivity (Wildman–Crippen MR) is 106 cm³/mol. The zero-order valence-corrected chi connectivity index (χ0v) is 16.8. The molecule has 1 aromatic rings. The largest absolute Gasteiger partial charge is 0.462 e. The van der Waals surface area contributed by atoms with E-state index in [0.29, 0.717) is 19.8 Å². The molecular formula is C22H34O5. The lowest BCUT2D eigenvalue weighted by atomic mass is 10.1. The van der Waals surface area contributed by atoms with Gasteiger partial charge in [-0.25, -0.2) is 9.59 Å². The van der Waals surface area contributed by atoms with Gasteiger partial charge in [-0.1, -0.05) is 64.0 Å². The number of esters is 2. The lowest BCUT2D eigenvalue weighted by Crippen LogP contribution is -2.16. The van der Waals surface area contributed by atoms with E-state index in [9.17, 15) is 9.59 Å². The van der Waals surface area contributed by atoms with Crippen LogP contribution in [-0.2, 0) is 14.2 Å². The molecule has 1 rings (SSSR count). The summed E-state index contributed by atoms with van der Waals surface area (Å²) in [6, 6.07) is 6.59. The number of carbonyl (C=O) groups excluding carboxylic acids is 2. The zero-order chi connectivity index (χ0) is 19.7. The fourth-order valence-electron chi connectivity index (χ4n) is 2.73. The molecule has 0 saturated heterocycles. The quantitative estimate of drug-likeness (QED) is 0.311. The second-order valence-electron chi connectivity index (χ2n) is 6.49. The van der Waals surface area contributed by atoms with E-state index in [4.69, 9.17) is 14.2 Å². The Bertz CT molecular complexity index is 541. The summed E-state index contributed by atoms with van der Waals surface area (Å²) in [5.41, 5.74) is 0.480. The molecule has 0 aliphatic rings. The van der Waals surface area contributed by atoms with Crippen molar-refractivity contribution < 1.29 is 23.8 Å². The van der Waals surface area contributed by atoms with Crippen LogP contribution in [0.1, 0.15) is 85.9 Å². The van der Waals surface area contributed by atoms with Gasteiger partial charge in [-0.05, 0) is 25.5 Å². The predicted octanol–water partition coefficient (Wildman–Crippen LogP) is 5.18. The van der Waals surface area contributed by atoms with Crippen LogP contribution in [0.15, 0.2) is 24.3 Å². The lowest BCUT2D eigenvalue weighted by molar-refractivity contribution is 0.0325. The topological polar surface area (TPSA) is 61.8 Å². The fourth-order valence-corrected chi connectivity index (χ4v) is 2.73. The molecule has 0 aromatic heterocycles. The van der Waals surface area contributed by atoms with Crippen LogP contribution in [0.2, 0.25) is 0 Å². The van der Waals surface area contributed by atoms with Crippen molar-refractivity contribution in [2.24, 2.45) is 0 Å². The Morgan fingerprint density at radius 1 is 0.704 bits per heavy atom. The maximum absolute atomic E-state index is 12.3. The van der Waals surface area contributed by atoms with Gasteiger partial charge in [-0.3, -0.25) is 0 Å². The molecule has 0 saturated carbocycles. The van der Waals surface area contributed by atoms with Gasteiger partial charge in [0.1, 0.15) is 6.61 Å². The Balaban J connectivity index is 2.33. The maximum atomic E-state index is 12.3. The zero-order valence-electron chi connectivity index (χ0n) is 16.8. The Kier molecular flexibility index (Phi) is 13.0. The number of ether oxygens (including phenoxy) is 3. The Morgan fingerprint density at radius 2 is 1.22 bits per heavy atom. The molecule has 152 valence electrons. The van der Waals surface area contributed by atoms with Crippen LogP contribution in [0.3, 0.4) is 0 Å². The van der Waals surface area contributed by atoms with Gasteiger partial charge in [0.15, 0.2) is 0 Å². The molecule has 0 N–H and O–H groups in total. The van der Waals surface area contributed by atoms with E-state index in [0.717, 1.165) is 12.8 Å². The molecule has 0 radical (unpaired) electrons. The van der Waals surface area contributed by atoms with E-state index < -0.39 is 11.9 Å². The molecule has 0 aliphatic heterocycles.